The molecule has 0 saturated carbocycles. The molecule has 126 valence electrons. The lowest BCUT2D eigenvalue weighted by Gasteiger charge is -2.24. The first kappa shape index (κ1) is 17.8. The number of aromatic hydroxyl groups is 1. The van der Waals surface area contributed by atoms with Crippen LogP contribution in [0.3, 0.4) is 0 Å². The molecule has 0 spiro atoms. The summed E-state index contributed by atoms with van der Waals surface area (Å²) >= 11 is 11.6. The molecule has 4 N–H and O–H groups in total. The van der Waals surface area contributed by atoms with E-state index in [0.717, 1.165) is 0 Å². The monoisotopic (exact) mass is 361 g/mol. The van der Waals surface area contributed by atoms with E-state index in [2.05, 4.69) is 10.6 Å². The van der Waals surface area contributed by atoms with Crippen LogP contribution in [0.1, 0.15) is 12.8 Å². The van der Waals surface area contributed by atoms with Gasteiger partial charge in [-0.1, -0.05) is 23.2 Å². The van der Waals surface area contributed by atoms with Gasteiger partial charge in [0.2, 0.25) is 0 Å². The van der Waals surface area contributed by atoms with Crippen LogP contribution in [0.5, 0.6) is 5.75 Å². The Bertz CT molecular complexity index is 606. The van der Waals surface area contributed by atoms with Gasteiger partial charge in [0.1, 0.15) is 5.75 Å². The fourth-order valence-corrected chi connectivity index (χ4v) is 2.61. The van der Waals surface area contributed by atoms with Gasteiger partial charge in [0, 0.05) is 12.0 Å². The second kappa shape index (κ2) is 7.83. The molecule has 1 saturated heterocycles. The van der Waals surface area contributed by atoms with Crippen LogP contribution in [-0.2, 0) is 9.59 Å². The molecule has 1 aliphatic heterocycles. The first-order valence-electron chi connectivity index (χ1n) is 7.08. The van der Waals surface area contributed by atoms with Crippen LogP contribution in [0.15, 0.2) is 12.1 Å². The average molecular weight is 362 g/mol. The van der Waals surface area contributed by atoms with Crippen LogP contribution in [-0.4, -0.2) is 46.8 Å². The summed E-state index contributed by atoms with van der Waals surface area (Å²) in [4.78, 5) is 23.9. The van der Waals surface area contributed by atoms with Gasteiger partial charge in [-0.05, 0) is 32.0 Å². The van der Waals surface area contributed by atoms with Crippen molar-refractivity contribution in [2.75, 3.05) is 25.0 Å². The minimum Gasteiger partial charge on any atom is -0.506 e. The third kappa shape index (κ3) is 4.48. The Morgan fingerprint density at radius 2 is 1.87 bits per heavy atom. The molecule has 0 aliphatic carbocycles. The molecule has 0 atom stereocenters. The minimum absolute atomic E-state index is 0.136. The second-order valence-electron chi connectivity index (χ2n) is 5.21. The summed E-state index contributed by atoms with van der Waals surface area (Å²) in [5, 5.41) is 25.7. The van der Waals surface area contributed by atoms with E-state index in [1.807, 2.05) is 0 Å². The molecular formula is C14H17Cl2N3O4. The van der Waals surface area contributed by atoms with Crippen molar-refractivity contribution in [1.82, 2.24) is 10.4 Å². The normalized spacial score (nSPS) is 15.3. The van der Waals surface area contributed by atoms with E-state index in [0.29, 0.717) is 25.9 Å². The smallest absolute Gasteiger partial charge is 0.272 e. The number of piperidine rings is 1. The van der Waals surface area contributed by atoms with Crippen LogP contribution < -0.4 is 10.6 Å². The van der Waals surface area contributed by atoms with Gasteiger partial charge in [-0.15, -0.1) is 0 Å². The van der Waals surface area contributed by atoms with Gasteiger partial charge in [-0.3, -0.25) is 14.8 Å². The number of imide groups is 1. The van der Waals surface area contributed by atoms with E-state index in [1.165, 1.54) is 12.1 Å². The van der Waals surface area contributed by atoms with Gasteiger partial charge in [0.05, 0.1) is 22.3 Å². The first-order valence-corrected chi connectivity index (χ1v) is 7.84. The van der Waals surface area contributed by atoms with Gasteiger partial charge < -0.3 is 15.7 Å². The fraction of sp³-hybridized carbons (Fsp3) is 0.429. The summed E-state index contributed by atoms with van der Waals surface area (Å²) in [6.07, 6.45) is 1.15. The first-order chi connectivity index (χ1) is 10.9. The number of rotatable bonds is 4. The number of carbonyl (C=O) groups excluding carboxylic acids is 2. The quantitative estimate of drug-likeness (QED) is 0.371. The van der Waals surface area contributed by atoms with Crippen LogP contribution >= 0.6 is 23.2 Å². The van der Waals surface area contributed by atoms with Crippen molar-refractivity contribution in [2.24, 2.45) is 5.92 Å². The number of hydrogen-bond donors (Lipinski definition) is 4. The summed E-state index contributed by atoms with van der Waals surface area (Å²) in [5.41, 5.74) is 0.176. The summed E-state index contributed by atoms with van der Waals surface area (Å²) in [5.74, 6) is -2.00. The number of phenols is 1. The van der Waals surface area contributed by atoms with E-state index in [-0.39, 0.29) is 39.0 Å². The lowest BCUT2D eigenvalue weighted by molar-refractivity contribution is -0.181. The zero-order valence-electron chi connectivity index (χ0n) is 12.2. The highest BCUT2D eigenvalue weighted by Gasteiger charge is 2.28. The third-order valence-electron chi connectivity index (χ3n) is 3.60. The summed E-state index contributed by atoms with van der Waals surface area (Å²) in [6, 6.07) is 2.58. The van der Waals surface area contributed by atoms with Gasteiger partial charge in [0.25, 0.3) is 11.8 Å². The predicted octanol–water partition coefficient (Wildman–Crippen LogP) is 1.85. The number of hydroxylamine groups is 2. The Kier molecular flexibility index (Phi) is 6.06. The largest absolute Gasteiger partial charge is 0.506 e. The summed E-state index contributed by atoms with van der Waals surface area (Å²) < 4.78 is 0. The number of carbonyl (C=O) groups is 2. The maximum Gasteiger partial charge on any atom is 0.272 e. The number of hydrogen-bond acceptors (Lipinski definition) is 6. The maximum absolute atomic E-state index is 12.0. The summed E-state index contributed by atoms with van der Waals surface area (Å²) in [6.45, 7) is 0.973. The minimum atomic E-state index is -0.820. The molecule has 2 amide bonds. The van der Waals surface area contributed by atoms with Gasteiger partial charge in [-0.2, -0.15) is 5.06 Å². The van der Waals surface area contributed by atoms with Crippen molar-refractivity contribution in [3.63, 3.8) is 0 Å². The lowest BCUT2D eigenvalue weighted by atomic mass is 9.97. The predicted molar refractivity (Wildman–Crippen MR) is 85.8 cm³/mol. The Morgan fingerprint density at radius 3 is 2.52 bits per heavy atom. The van der Waals surface area contributed by atoms with E-state index in [1.54, 1.807) is 0 Å². The summed E-state index contributed by atoms with van der Waals surface area (Å²) in [7, 11) is 0. The highest BCUT2D eigenvalue weighted by atomic mass is 35.5. The highest BCUT2D eigenvalue weighted by Crippen LogP contribution is 2.33. The van der Waals surface area contributed by atoms with Crippen LogP contribution in [0.25, 0.3) is 0 Å². The molecule has 1 heterocycles. The Balaban J connectivity index is 1.93. The van der Waals surface area contributed by atoms with E-state index >= 15 is 0 Å². The third-order valence-corrected chi connectivity index (χ3v) is 4.32. The molecule has 7 nitrogen and oxygen atoms in total. The maximum atomic E-state index is 12.0. The molecule has 0 radical (unpaired) electrons. The molecule has 0 aromatic heterocycles. The molecule has 23 heavy (non-hydrogen) atoms. The zero-order chi connectivity index (χ0) is 17.0. The number of phenolic OH excluding ortho intramolecular Hbond substituents is 1. The standard InChI is InChI=1S/C14H17Cl2N3O4/c15-9-5-11(12(20)6-10(9)16)18-7-13(21)19(23)14(22)8-1-3-17-4-2-8/h5-6,8,17-18,20,23H,1-4,7H2. The topological polar surface area (TPSA) is 102 Å². The Labute approximate surface area is 143 Å². The molecule has 1 fully saturated rings. The molecule has 0 bridgehead atoms. The van der Waals surface area contributed by atoms with Crippen molar-refractivity contribution in [2.45, 2.75) is 12.8 Å². The number of halogens is 2. The molecule has 1 aromatic carbocycles. The number of nitrogens with zero attached hydrogens (tertiary/aromatic N) is 1. The van der Waals surface area contributed by atoms with Crippen molar-refractivity contribution in [3.05, 3.63) is 22.2 Å². The van der Waals surface area contributed by atoms with Crippen molar-refractivity contribution < 1.29 is 19.9 Å². The van der Waals surface area contributed by atoms with Crippen molar-refractivity contribution in [1.29, 1.82) is 0 Å². The number of amides is 2. The van der Waals surface area contributed by atoms with Gasteiger partial charge >= 0.3 is 0 Å². The molecule has 0 unspecified atom stereocenters. The molecular weight excluding hydrogens is 345 g/mol. The number of anilines is 1. The number of nitrogens with one attached hydrogen (secondary N) is 2. The fourth-order valence-electron chi connectivity index (χ4n) is 2.29. The highest BCUT2D eigenvalue weighted by molar-refractivity contribution is 6.42. The Hall–Kier alpha value is -1.54. The molecule has 1 aliphatic rings. The number of benzene rings is 1. The molecule has 9 heteroatoms. The van der Waals surface area contributed by atoms with E-state index in [4.69, 9.17) is 23.2 Å². The van der Waals surface area contributed by atoms with E-state index in [9.17, 15) is 19.9 Å². The molecule has 1 aromatic rings. The van der Waals surface area contributed by atoms with Gasteiger partial charge in [0.15, 0.2) is 0 Å². The van der Waals surface area contributed by atoms with Crippen LogP contribution in [0, 0.1) is 5.92 Å². The molecule has 2 rings (SSSR count). The van der Waals surface area contributed by atoms with Crippen molar-refractivity contribution in [3.8, 4) is 5.75 Å². The van der Waals surface area contributed by atoms with Crippen molar-refractivity contribution >= 4 is 40.7 Å². The average Bonchev–Trinajstić information content (AvgIpc) is 2.56. The Morgan fingerprint density at radius 1 is 1.26 bits per heavy atom. The van der Waals surface area contributed by atoms with Crippen LogP contribution in [0.4, 0.5) is 5.69 Å². The van der Waals surface area contributed by atoms with E-state index < -0.39 is 11.8 Å². The van der Waals surface area contributed by atoms with Crippen LogP contribution in [0.2, 0.25) is 10.0 Å². The second-order valence-corrected chi connectivity index (χ2v) is 6.02. The van der Waals surface area contributed by atoms with Gasteiger partial charge in [-0.25, -0.2) is 0 Å². The SMILES string of the molecule is O=C(CNc1cc(Cl)c(Cl)cc1O)N(O)C(=O)C1CCNCC1. The zero-order valence-corrected chi connectivity index (χ0v) is 13.7. The lowest BCUT2D eigenvalue weighted by Crippen LogP contribution is -2.44.